The number of nitrogens with zero attached hydrogens (tertiary/aromatic N) is 3. The Hall–Kier alpha value is -1.42. The van der Waals surface area contributed by atoms with Gasteiger partial charge in [0.05, 0.1) is 10.0 Å². The molecule has 2 aromatic rings. The zero-order chi connectivity index (χ0) is 18.3. The minimum atomic E-state index is -3.55. The highest BCUT2D eigenvalue weighted by molar-refractivity contribution is 7.91. The Morgan fingerprint density at radius 2 is 2.12 bits per heavy atom. The van der Waals surface area contributed by atoms with E-state index in [1.54, 1.807) is 16.8 Å². The van der Waals surface area contributed by atoms with Crippen LogP contribution in [-0.2, 0) is 16.6 Å². The van der Waals surface area contributed by atoms with Gasteiger partial charge in [0, 0.05) is 32.1 Å². The van der Waals surface area contributed by atoms with Gasteiger partial charge in [-0.1, -0.05) is 11.6 Å². The molecule has 1 fully saturated rings. The predicted octanol–water partition coefficient (Wildman–Crippen LogP) is 2.30. The van der Waals surface area contributed by atoms with Crippen molar-refractivity contribution in [3.63, 3.8) is 0 Å². The molecule has 2 aliphatic rings. The number of carbonyl (C=O) groups is 1. The Morgan fingerprint density at radius 1 is 1.27 bits per heavy atom. The first-order chi connectivity index (χ1) is 12.4. The van der Waals surface area contributed by atoms with Crippen molar-refractivity contribution in [3.05, 3.63) is 33.9 Å². The smallest absolute Gasteiger partial charge is 0.269 e. The number of piperidine rings is 1. The predicted molar refractivity (Wildman–Crippen MR) is 99.2 cm³/mol. The normalized spacial score (nSPS) is 21.9. The van der Waals surface area contributed by atoms with Crippen LogP contribution < -0.4 is 5.32 Å². The van der Waals surface area contributed by atoms with Crippen molar-refractivity contribution in [2.45, 2.75) is 35.9 Å². The van der Waals surface area contributed by atoms with Crippen LogP contribution in [0.2, 0.25) is 4.34 Å². The maximum atomic E-state index is 12.9. The van der Waals surface area contributed by atoms with E-state index in [-0.39, 0.29) is 16.0 Å². The molecule has 1 unspecified atom stereocenters. The van der Waals surface area contributed by atoms with E-state index >= 15 is 0 Å². The number of aryl methyl sites for hydroxylation is 1. The van der Waals surface area contributed by atoms with Gasteiger partial charge in [-0.3, -0.25) is 9.48 Å². The number of thiophene rings is 1. The average Bonchev–Trinajstić information content (AvgIpc) is 3.22. The lowest BCUT2D eigenvalue weighted by atomic mass is 9.96. The highest BCUT2D eigenvalue weighted by Crippen LogP contribution is 2.33. The van der Waals surface area contributed by atoms with Crippen LogP contribution in [0, 0.1) is 0 Å². The molecule has 2 aliphatic heterocycles. The summed E-state index contributed by atoms with van der Waals surface area (Å²) < 4.78 is 29.7. The maximum Gasteiger partial charge on any atom is 0.269 e. The van der Waals surface area contributed by atoms with Gasteiger partial charge in [0.25, 0.3) is 15.9 Å². The Bertz CT molecular complexity index is 937. The summed E-state index contributed by atoms with van der Waals surface area (Å²) in [6.07, 6.45) is 2.46. The van der Waals surface area contributed by atoms with Gasteiger partial charge in [0.1, 0.15) is 9.90 Å². The third kappa shape index (κ3) is 3.28. The number of fused-ring (bicyclic) bond motifs is 1. The van der Waals surface area contributed by atoms with E-state index in [4.69, 9.17) is 11.6 Å². The molecule has 10 heteroatoms. The molecule has 4 heterocycles. The summed E-state index contributed by atoms with van der Waals surface area (Å²) in [5, 5.41) is 7.45. The van der Waals surface area contributed by atoms with Crippen molar-refractivity contribution in [2.24, 2.45) is 0 Å². The molecule has 4 rings (SSSR count). The molecule has 7 nitrogen and oxygen atoms in total. The van der Waals surface area contributed by atoms with Crippen LogP contribution in [0.1, 0.15) is 41.4 Å². The molecule has 140 valence electrons. The lowest BCUT2D eigenvalue weighted by Gasteiger charge is -2.30. The van der Waals surface area contributed by atoms with Crippen molar-refractivity contribution < 1.29 is 13.2 Å². The average molecular weight is 415 g/mol. The fraction of sp³-hybridized carbons (Fsp3) is 0.500. The molecule has 1 saturated heterocycles. The Labute approximate surface area is 161 Å². The van der Waals surface area contributed by atoms with Crippen molar-refractivity contribution in [1.82, 2.24) is 19.4 Å². The van der Waals surface area contributed by atoms with Gasteiger partial charge in [0.15, 0.2) is 0 Å². The highest BCUT2D eigenvalue weighted by Gasteiger charge is 2.33. The van der Waals surface area contributed by atoms with Gasteiger partial charge in [-0.15, -0.1) is 11.3 Å². The fourth-order valence-corrected chi connectivity index (χ4v) is 6.64. The molecule has 0 saturated carbocycles. The first kappa shape index (κ1) is 18.0. The van der Waals surface area contributed by atoms with E-state index in [1.807, 2.05) is 6.07 Å². The van der Waals surface area contributed by atoms with E-state index in [9.17, 15) is 13.2 Å². The topological polar surface area (TPSA) is 84.3 Å². The summed E-state index contributed by atoms with van der Waals surface area (Å²) in [7, 11) is -3.55. The molecule has 0 aromatic carbocycles. The number of hydrogen-bond acceptors (Lipinski definition) is 5. The SMILES string of the molecule is O=C1NCCCn2nc(C3CCCN(S(=O)(=O)c4ccc(Cl)s4)C3)cc21. The minimum absolute atomic E-state index is 0.0128. The Balaban J connectivity index is 1.58. The van der Waals surface area contributed by atoms with Crippen LogP contribution in [0.25, 0.3) is 0 Å². The van der Waals surface area contributed by atoms with Crippen LogP contribution in [0.15, 0.2) is 22.4 Å². The van der Waals surface area contributed by atoms with Gasteiger partial charge in [-0.25, -0.2) is 8.42 Å². The number of aromatic nitrogens is 2. The zero-order valence-electron chi connectivity index (χ0n) is 14.0. The van der Waals surface area contributed by atoms with E-state index < -0.39 is 10.0 Å². The second-order valence-electron chi connectivity index (χ2n) is 6.55. The molecule has 1 amide bonds. The number of hydrogen-bond donors (Lipinski definition) is 1. The summed E-state index contributed by atoms with van der Waals surface area (Å²) in [6, 6.07) is 4.96. The molecule has 26 heavy (non-hydrogen) atoms. The van der Waals surface area contributed by atoms with Gasteiger partial charge >= 0.3 is 0 Å². The highest BCUT2D eigenvalue weighted by atomic mass is 35.5. The standard InChI is InChI=1S/C16H19ClN4O3S2/c17-14-4-5-15(25-14)26(23,24)20-7-1-3-11(10-20)12-9-13-16(22)18-6-2-8-21(13)19-12/h4-5,9,11H,1-3,6-8,10H2,(H,18,22). The van der Waals surface area contributed by atoms with Crippen LogP contribution >= 0.6 is 22.9 Å². The second-order valence-corrected chi connectivity index (χ2v) is 10.4. The summed E-state index contributed by atoms with van der Waals surface area (Å²) in [5.74, 6) is -0.129. The summed E-state index contributed by atoms with van der Waals surface area (Å²) in [4.78, 5) is 12.1. The minimum Gasteiger partial charge on any atom is -0.351 e. The summed E-state index contributed by atoms with van der Waals surface area (Å²) in [5.41, 5.74) is 1.35. The lowest BCUT2D eigenvalue weighted by Crippen LogP contribution is -2.38. The van der Waals surface area contributed by atoms with Crippen molar-refractivity contribution in [2.75, 3.05) is 19.6 Å². The number of nitrogens with one attached hydrogen (secondary N) is 1. The van der Waals surface area contributed by atoms with Crippen molar-refractivity contribution >= 4 is 38.9 Å². The van der Waals surface area contributed by atoms with E-state index in [2.05, 4.69) is 10.4 Å². The van der Waals surface area contributed by atoms with Crippen LogP contribution in [0.5, 0.6) is 0 Å². The van der Waals surface area contributed by atoms with Crippen LogP contribution in [-0.4, -0.2) is 48.0 Å². The molecule has 0 aliphatic carbocycles. The fourth-order valence-electron chi connectivity index (χ4n) is 3.48. The molecular formula is C16H19ClN4O3S2. The maximum absolute atomic E-state index is 12.9. The Morgan fingerprint density at radius 3 is 2.88 bits per heavy atom. The number of carbonyl (C=O) groups excluding carboxylic acids is 1. The van der Waals surface area contributed by atoms with Gasteiger partial charge in [-0.05, 0) is 37.5 Å². The van der Waals surface area contributed by atoms with Crippen LogP contribution in [0.3, 0.4) is 0 Å². The monoisotopic (exact) mass is 414 g/mol. The van der Waals surface area contributed by atoms with E-state index in [0.29, 0.717) is 36.2 Å². The van der Waals surface area contributed by atoms with Gasteiger partial charge in [-0.2, -0.15) is 9.40 Å². The molecule has 1 N–H and O–H groups in total. The number of amides is 1. The summed E-state index contributed by atoms with van der Waals surface area (Å²) >= 11 is 6.97. The lowest BCUT2D eigenvalue weighted by molar-refractivity contribution is 0.0950. The second kappa shape index (κ2) is 6.95. The first-order valence-corrected chi connectivity index (χ1v) is 11.2. The van der Waals surface area contributed by atoms with E-state index in [0.717, 1.165) is 36.3 Å². The molecule has 1 atom stereocenters. The molecule has 0 radical (unpaired) electrons. The quantitative estimate of drug-likeness (QED) is 0.835. The number of rotatable bonds is 3. The van der Waals surface area contributed by atoms with Crippen LogP contribution in [0.4, 0.5) is 0 Å². The summed E-state index contributed by atoms with van der Waals surface area (Å²) in [6.45, 7) is 2.20. The van der Waals surface area contributed by atoms with Gasteiger partial charge < -0.3 is 5.32 Å². The van der Waals surface area contributed by atoms with Crippen molar-refractivity contribution in [1.29, 1.82) is 0 Å². The number of sulfonamides is 1. The molecule has 2 aromatic heterocycles. The Kier molecular flexibility index (Phi) is 4.81. The molecular weight excluding hydrogens is 396 g/mol. The third-order valence-corrected chi connectivity index (χ3v) is 8.37. The largest absolute Gasteiger partial charge is 0.351 e. The first-order valence-electron chi connectivity index (χ1n) is 8.56. The van der Waals surface area contributed by atoms with E-state index in [1.165, 1.54) is 4.31 Å². The molecule has 0 spiro atoms. The van der Waals surface area contributed by atoms with Gasteiger partial charge in [0.2, 0.25) is 0 Å². The molecule has 0 bridgehead atoms. The zero-order valence-corrected chi connectivity index (χ0v) is 16.4. The number of halogens is 1. The van der Waals surface area contributed by atoms with Crippen molar-refractivity contribution in [3.8, 4) is 0 Å². The third-order valence-electron chi connectivity index (χ3n) is 4.81.